The number of esters is 1. The van der Waals surface area contributed by atoms with Crippen molar-refractivity contribution in [1.29, 1.82) is 0 Å². The lowest BCUT2D eigenvalue weighted by Crippen LogP contribution is -2.36. The molecule has 2 rings (SSSR count). The van der Waals surface area contributed by atoms with Crippen molar-refractivity contribution in [2.45, 2.75) is 13.0 Å². The Balaban J connectivity index is 2.26. The smallest absolute Gasteiger partial charge is 0.303 e. The summed E-state index contributed by atoms with van der Waals surface area (Å²) >= 11 is 0. The lowest BCUT2D eigenvalue weighted by Gasteiger charge is -2.23. The summed E-state index contributed by atoms with van der Waals surface area (Å²) in [5, 5.41) is 0. The van der Waals surface area contributed by atoms with E-state index in [1.807, 2.05) is 0 Å². The van der Waals surface area contributed by atoms with Crippen molar-refractivity contribution < 1.29 is 19.1 Å². The minimum Gasteiger partial charge on any atom is -0.488 e. The molecule has 0 bridgehead atoms. The van der Waals surface area contributed by atoms with Crippen LogP contribution in [0.1, 0.15) is 17.3 Å². The number of hydrogen-bond acceptors (Lipinski definition) is 4. The molecule has 15 heavy (non-hydrogen) atoms. The van der Waals surface area contributed by atoms with E-state index >= 15 is 0 Å². The molecule has 4 nitrogen and oxygen atoms in total. The van der Waals surface area contributed by atoms with Gasteiger partial charge in [0.15, 0.2) is 6.10 Å². The highest BCUT2D eigenvalue weighted by Crippen LogP contribution is 2.25. The zero-order chi connectivity index (χ0) is 10.8. The average molecular weight is 206 g/mol. The highest BCUT2D eigenvalue weighted by atomic mass is 16.6. The standard InChI is InChI=1S/C11H10O4/c1-7(12)15-10-6-14-9-5-3-2-4-8(9)11(10)13/h2-5,10H,6H2,1H3/t10-/m0/s1. The molecular formula is C11H10O4. The normalized spacial score (nSPS) is 19.0. The molecule has 0 saturated heterocycles. The van der Waals surface area contributed by atoms with Gasteiger partial charge in [-0.2, -0.15) is 0 Å². The molecule has 1 atom stereocenters. The molecule has 0 amide bonds. The Bertz CT molecular complexity index is 411. The highest BCUT2D eigenvalue weighted by molar-refractivity contribution is 6.03. The second-order valence-electron chi connectivity index (χ2n) is 3.27. The van der Waals surface area contributed by atoms with Crippen molar-refractivity contribution in [3.8, 4) is 5.75 Å². The van der Waals surface area contributed by atoms with E-state index in [1.165, 1.54) is 6.92 Å². The number of hydrogen-bond donors (Lipinski definition) is 0. The molecular weight excluding hydrogens is 196 g/mol. The fourth-order valence-electron chi connectivity index (χ4n) is 1.50. The van der Waals surface area contributed by atoms with Crippen molar-refractivity contribution in [2.24, 2.45) is 0 Å². The largest absolute Gasteiger partial charge is 0.488 e. The van der Waals surface area contributed by atoms with E-state index < -0.39 is 12.1 Å². The van der Waals surface area contributed by atoms with E-state index in [0.29, 0.717) is 11.3 Å². The number of Topliss-reactive ketones (excluding diaryl/α,β-unsaturated/α-hetero) is 1. The number of para-hydroxylation sites is 1. The van der Waals surface area contributed by atoms with Gasteiger partial charge in [-0.25, -0.2) is 0 Å². The first kappa shape index (κ1) is 9.71. The molecule has 0 fully saturated rings. The molecule has 0 unspecified atom stereocenters. The Hall–Kier alpha value is -1.84. The van der Waals surface area contributed by atoms with Gasteiger partial charge in [-0.3, -0.25) is 9.59 Å². The van der Waals surface area contributed by atoms with E-state index in [4.69, 9.17) is 9.47 Å². The zero-order valence-electron chi connectivity index (χ0n) is 8.23. The van der Waals surface area contributed by atoms with Crippen LogP contribution in [0.15, 0.2) is 24.3 Å². The number of ether oxygens (including phenoxy) is 2. The Morgan fingerprint density at radius 2 is 2.20 bits per heavy atom. The van der Waals surface area contributed by atoms with Gasteiger partial charge in [0, 0.05) is 6.92 Å². The Morgan fingerprint density at radius 3 is 2.93 bits per heavy atom. The molecule has 0 radical (unpaired) electrons. The third-order valence-electron chi connectivity index (χ3n) is 2.14. The molecule has 1 aromatic carbocycles. The summed E-state index contributed by atoms with van der Waals surface area (Å²) in [6.45, 7) is 1.36. The maximum Gasteiger partial charge on any atom is 0.303 e. The summed E-state index contributed by atoms with van der Waals surface area (Å²) in [5.74, 6) is -0.130. The van der Waals surface area contributed by atoms with Crippen LogP contribution < -0.4 is 4.74 Å². The van der Waals surface area contributed by atoms with Crippen molar-refractivity contribution in [1.82, 2.24) is 0 Å². The maximum absolute atomic E-state index is 11.8. The lowest BCUT2D eigenvalue weighted by molar-refractivity contribution is -0.145. The van der Waals surface area contributed by atoms with Gasteiger partial charge in [0.2, 0.25) is 5.78 Å². The quantitative estimate of drug-likeness (QED) is 0.648. The predicted molar refractivity (Wildman–Crippen MR) is 51.8 cm³/mol. The van der Waals surface area contributed by atoms with Crippen molar-refractivity contribution >= 4 is 11.8 Å². The summed E-state index contributed by atoms with van der Waals surface area (Å²) in [6.07, 6.45) is -0.808. The molecule has 78 valence electrons. The lowest BCUT2D eigenvalue weighted by atomic mass is 10.0. The van der Waals surface area contributed by atoms with E-state index in [1.54, 1.807) is 24.3 Å². The number of fused-ring (bicyclic) bond motifs is 1. The second kappa shape index (κ2) is 3.73. The molecule has 4 heteroatoms. The first-order valence-electron chi connectivity index (χ1n) is 4.62. The van der Waals surface area contributed by atoms with Gasteiger partial charge in [0.05, 0.1) is 5.56 Å². The monoisotopic (exact) mass is 206 g/mol. The van der Waals surface area contributed by atoms with Gasteiger partial charge in [-0.05, 0) is 12.1 Å². The number of carbonyl (C=O) groups is 2. The van der Waals surface area contributed by atoms with Crippen LogP contribution in [-0.4, -0.2) is 24.5 Å². The van der Waals surface area contributed by atoms with E-state index in [0.717, 1.165) is 0 Å². The molecule has 0 aliphatic carbocycles. The SMILES string of the molecule is CC(=O)O[C@H]1COc2ccccc2C1=O. The van der Waals surface area contributed by atoms with Gasteiger partial charge in [-0.15, -0.1) is 0 Å². The first-order valence-corrected chi connectivity index (χ1v) is 4.62. The molecule has 0 N–H and O–H groups in total. The van der Waals surface area contributed by atoms with Crippen molar-refractivity contribution in [3.63, 3.8) is 0 Å². The molecule has 0 aromatic heterocycles. The van der Waals surface area contributed by atoms with Crippen LogP contribution in [0.2, 0.25) is 0 Å². The third kappa shape index (κ3) is 1.83. The van der Waals surface area contributed by atoms with Crippen LogP contribution in [0.4, 0.5) is 0 Å². The number of ketones is 1. The Labute approximate surface area is 86.8 Å². The number of rotatable bonds is 1. The van der Waals surface area contributed by atoms with Gasteiger partial charge in [-0.1, -0.05) is 12.1 Å². The van der Waals surface area contributed by atoms with Gasteiger partial charge < -0.3 is 9.47 Å². The minimum atomic E-state index is -0.808. The topological polar surface area (TPSA) is 52.6 Å². The van der Waals surface area contributed by atoms with Crippen LogP contribution in [0.3, 0.4) is 0 Å². The van der Waals surface area contributed by atoms with E-state index in [2.05, 4.69) is 0 Å². The van der Waals surface area contributed by atoms with Crippen LogP contribution in [0.25, 0.3) is 0 Å². The zero-order valence-corrected chi connectivity index (χ0v) is 8.23. The van der Waals surface area contributed by atoms with E-state index in [9.17, 15) is 9.59 Å². The summed E-state index contributed by atoms with van der Waals surface area (Å²) in [6, 6.07) is 6.92. The Kier molecular flexibility index (Phi) is 2.41. The highest BCUT2D eigenvalue weighted by Gasteiger charge is 2.30. The minimum absolute atomic E-state index is 0.0927. The van der Waals surface area contributed by atoms with Crippen LogP contribution in [0, 0.1) is 0 Å². The third-order valence-corrected chi connectivity index (χ3v) is 2.14. The van der Waals surface area contributed by atoms with Crippen LogP contribution in [-0.2, 0) is 9.53 Å². The molecule has 1 heterocycles. The van der Waals surface area contributed by atoms with Crippen molar-refractivity contribution in [2.75, 3.05) is 6.61 Å². The van der Waals surface area contributed by atoms with Crippen LogP contribution >= 0.6 is 0 Å². The second-order valence-corrected chi connectivity index (χ2v) is 3.27. The summed E-state index contributed by atoms with van der Waals surface area (Å²) in [5.41, 5.74) is 0.468. The fraction of sp³-hybridized carbons (Fsp3) is 0.273. The maximum atomic E-state index is 11.8. The Morgan fingerprint density at radius 1 is 1.47 bits per heavy atom. The number of benzene rings is 1. The summed E-state index contributed by atoms with van der Waals surface area (Å²) < 4.78 is 10.2. The summed E-state index contributed by atoms with van der Waals surface area (Å²) in [7, 11) is 0. The molecule has 1 aromatic rings. The van der Waals surface area contributed by atoms with Crippen LogP contribution in [0.5, 0.6) is 5.75 Å². The average Bonchev–Trinajstić information content (AvgIpc) is 2.22. The summed E-state index contributed by atoms with van der Waals surface area (Å²) in [4.78, 5) is 22.5. The predicted octanol–water partition coefficient (Wildman–Crippen LogP) is 1.19. The molecule has 1 aliphatic heterocycles. The molecule has 0 spiro atoms. The van der Waals surface area contributed by atoms with Crippen molar-refractivity contribution in [3.05, 3.63) is 29.8 Å². The van der Waals surface area contributed by atoms with Gasteiger partial charge in [0.1, 0.15) is 12.4 Å². The molecule has 1 aliphatic rings. The van der Waals surface area contributed by atoms with E-state index in [-0.39, 0.29) is 12.4 Å². The number of carbonyl (C=O) groups excluding carboxylic acids is 2. The fourth-order valence-corrected chi connectivity index (χ4v) is 1.50. The van der Waals surface area contributed by atoms with Gasteiger partial charge in [0.25, 0.3) is 0 Å². The first-order chi connectivity index (χ1) is 7.18. The molecule has 0 saturated carbocycles. The van der Waals surface area contributed by atoms with Gasteiger partial charge >= 0.3 is 5.97 Å².